The normalized spacial score (nSPS) is 16.4. The fourth-order valence-electron chi connectivity index (χ4n) is 3.22. The van der Waals surface area contributed by atoms with Crippen LogP contribution in [0.5, 0.6) is 0 Å². The Morgan fingerprint density at radius 1 is 0.871 bits per heavy atom. The van der Waals surface area contributed by atoms with Crippen LogP contribution in [0.1, 0.15) is 11.1 Å². The lowest BCUT2D eigenvalue weighted by molar-refractivity contribution is 0.410. The van der Waals surface area contributed by atoms with Gasteiger partial charge in [0.25, 0.3) is 10.0 Å². The van der Waals surface area contributed by atoms with E-state index in [1.54, 1.807) is 24.3 Å². The number of nitrogens with zero attached hydrogens (tertiary/aromatic N) is 3. The second-order valence-corrected chi connectivity index (χ2v) is 10.5. The number of para-hydroxylation sites is 1. The van der Waals surface area contributed by atoms with E-state index in [2.05, 4.69) is 4.99 Å². The minimum absolute atomic E-state index is 0.0548. The van der Waals surface area contributed by atoms with Gasteiger partial charge in [0, 0.05) is 13.1 Å². The van der Waals surface area contributed by atoms with E-state index in [1.807, 2.05) is 71.6 Å². The van der Waals surface area contributed by atoms with Crippen LogP contribution in [0.25, 0.3) is 0 Å². The number of hydrogen-bond acceptors (Lipinski definition) is 4. The van der Waals surface area contributed by atoms with E-state index in [0.717, 1.165) is 11.1 Å². The minimum Gasteiger partial charge on any atom is -0.339 e. The molecule has 0 radical (unpaired) electrons. The van der Waals surface area contributed by atoms with E-state index in [9.17, 15) is 8.42 Å². The van der Waals surface area contributed by atoms with E-state index in [1.165, 1.54) is 16.1 Å². The Morgan fingerprint density at radius 2 is 1.35 bits per heavy atom. The molecule has 1 aliphatic rings. The lowest BCUT2D eigenvalue weighted by Gasteiger charge is -2.24. The van der Waals surface area contributed by atoms with Gasteiger partial charge in [-0.25, -0.2) is 12.7 Å². The van der Waals surface area contributed by atoms with Gasteiger partial charge in [0.05, 0.1) is 5.69 Å². The summed E-state index contributed by atoms with van der Waals surface area (Å²) in [5, 5.41) is 0.677. The standard InChI is InChI=1S/C23H21N3O2S3/c27-31(28)18-30-23(26(31)21-14-8-3-9-15-21)24-22(29)25(16-19-10-4-1-5-11-19)17-20-12-6-2-7-13-20/h1-15H,16-18H2. The van der Waals surface area contributed by atoms with Gasteiger partial charge in [0.2, 0.25) is 0 Å². The average Bonchev–Trinajstić information content (AvgIpc) is 3.09. The first-order valence-corrected chi connectivity index (χ1v) is 12.7. The Morgan fingerprint density at radius 3 is 1.87 bits per heavy atom. The van der Waals surface area contributed by atoms with Gasteiger partial charge in [-0.1, -0.05) is 90.6 Å². The largest absolute Gasteiger partial charge is 0.339 e. The molecule has 1 fully saturated rings. The van der Waals surface area contributed by atoms with Gasteiger partial charge < -0.3 is 4.90 Å². The number of aliphatic imine (C=N–C) groups is 1. The predicted molar refractivity (Wildman–Crippen MR) is 132 cm³/mol. The highest BCUT2D eigenvalue weighted by Crippen LogP contribution is 2.31. The fraction of sp³-hybridized carbons (Fsp3) is 0.130. The van der Waals surface area contributed by atoms with E-state index >= 15 is 0 Å². The molecule has 158 valence electrons. The van der Waals surface area contributed by atoms with Crippen LogP contribution in [0.2, 0.25) is 0 Å². The van der Waals surface area contributed by atoms with Gasteiger partial charge in [-0.15, -0.1) is 0 Å². The number of benzene rings is 3. The predicted octanol–water partition coefficient (Wildman–Crippen LogP) is 4.87. The maximum Gasteiger partial charge on any atom is 0.250 e. The van der Waals surface area contributed by atoms with Crippen molar-refractivity contribution >= 4 is 50.0 Å². The topological polar surface area (TPSA) is 53.0 Å². The molecule has 1 heterocycles. The molecule has 0 saturated carbocycles. The van der Waals surface area contributed by atoms with Crippen molar-refractivity contribution in [3.05, 3.63) is 102 Å². The number of rotatable bonds is 5. The molecule has 3 aromatic rings. The Hall–Kier alpha value is -2.68. The third kappa shape index (κ3) is 5.33. The van der Waals surface area contributed by atoms with Gasteiger partial charge >= 0.3 is 0 Å². The van der Waals surface area contributed by atoms with Gasteiger partial charge in [0.1, 0.15) is 5.08 Å². The quantitative estimate of drug-likeness (QED) is 0.501. The molecule has 5 nitrogen and oxygen atoms in total. The molecule has 31 heavy (non-hydrogen) atoms. The van der Waals surface area contributed by atoms with Crippen LogP contribution in [0.3, 0.4) is 0 Å². The highest BCUT2D eigenvalue weighted by molar-refractivity contribution is 8.27. The molecule has 0 atom stereocenters. The molecule has 8 heteroatoms. The van der Waals surface area contributed by atoms with Crippen LogP contribution < -0.4 is 4.31 Å². The van der Waals surface area contributed by atoms with Crippen molar-refractivity contribution in [2.24, 2.45) is 4.99 Å². The van der Waals surface area contributed by atoms with E-state index in [0.29, 0.717) is 29.1 Å². The Balaban J connectivity index is 1.64. The summed E-state index contributed by atoms with van der Waals surface area (Å²) in [5.41, 5.74) is 2.77. The van der Waals surface area contributed by atoms with Gasteiger partial charge in [-0.3, -0.25) is 0 Å². The first-order valence-electron chi connectivity index (χ1n) is 9.69. The molecule has 1 saturated heterocycles. The summed E-state index contributed by atoms with van der Waals surface area (Å²) in [4.78, 5) is 6.59. The molecule has 0 unspecified atom stereocenters. The SMILES string of the molecule is O=S1(=O)CSC(=NC(=S)N(Cc2ccccc2)Cc2ccccc2)N1c1ccccc1. The zero-order valence-corrected chi connectivity index (χ0v) is 19.1. The summed E-state index contributed by atoms with van der Waals surface area (Å²) >= 11 is 6.88. The first kappa shape index (κ1) is 21.5. The van der Waals surface area contributed by atoms with Crippen molar-refractivity contribution < 1.29 is 8.42 Å². The number of sulfonamides is 1. The zero-order valence-electron chi connectivity index (χ0n) is 16.7. The van der Waals surface area contributed by atoms with Crippen molar-refractivity contribution in [3.63, 3.8) is 0 Å². The average molecular weight is 468 g/mol. The number of amidine groups is 1. The van der Waals surface area contributed by atoms with E-state index in [-0.39, 0.29) is 5.08 Å². The second-order valence-electron chi connectivity index (χ2n) is 6.98. The van der Waals surface area contributed by atoms with Crippen LogP contribution in [0, 0.1) is 0 Å². The molecule has 4 rings (SSSR count). The highest BCUT2D eigenvalue weighted by atomic mass is 32.3. The summed E-state index contributed by atoms with van der Waals surface area (Å²) in [6.45, 7) is 1.15. The molecule has 0 N–H and O–H groups in total. The molecule has 0 bridgehead atoms. The second kappa shape index (κ2) is 9.64. The maximum absolute atomic E-state index is 12.7. The molecular formula is C23H21N3O2S3. The van der Waals surface area contributed by atoms with Crippen molar-refractivity contribution in [3.8, 4) is 0 Å². The van der Waals surface area contributed by atoms with Crippen LogP contribution in [0.4, 0.5) is 5.69 Å². The minimum atomic E-state index is -3.49. The molecule has 0 spiro atoms. The number of thiocarbonyl (C=S) groups is 1. The van der Waals surface area contributed by atoms with Crippen molar-refractivity contribution in [2.75, 3.05) is 9.39 Å². The van der Waals surface area contributed by atoms with Crippen LogP contribution in [0.15, 0.2) is 96.0 Å². The highest BCUT2D eigenvalue weighted by Gasteiger charge is 2.36. The summed E-state index contributed by atoms with van der Waals surface area (Å²) in [7, 11) is -3.49. The third-order valence-electron chi connectivity index (χ3n) is 4.67. The molecule has 3 aromatic carbocycles. The Labute approximate surface area is 192 Å². The van der Waals surface area contributed by atoms with Crippen molar-refractivity contribution in [2.45, 2.75) is 13.1 Å². The third-order valence-corrected chi connectivity index (χ3v) is 8.27. The molecule has 0 amide bonds. The Bertz CT molecular complexity index is 1130. The fourth-order valence-corrected chi connectivity index (χ4v) is 6.53. The van der Waals surface area contributed by atoms with Crippen molar-refractivity contribution in [1.82, 2.24) is 4.90 Å². The van der Waals surface area contributed by atoms with Crippen LogP contribution in [-0.2, 0) is 23.1 Å². The lowest BCUT2D eigenvalue weighted by Crippen LogP contribution is -2.32. The van der Waals surface area contributed by atoms with Gasteiger partial charge in [0.15, 0.2) is 10.3 Å². The monoisotopic (exact) mass is 467 g/mol. The maximum atomic E-state index is 12.7. The van der Waals surface area contributed by atoms with Crippen LogP contribution >= 0.6 is 24.0 Å². The summed E-state index contributed by atoms with van der Waals surface area (Å²) in [6, 6.07) is 29.0. The molecular weight excluding hydrogens is 446 g/mol. The number of thioether (sulfide) groups is 1. The molecule has 0 aromatic heterocycles. The smallest absolute Gasteiger partial charge is 0.250 e. The van der Waals surface area contributed by atoms with Crippen molar-refractivity contribution in [1.29, 1.82) is 0 Å². The summed E-state index contributed by atoms with van der Waals surface area (Å²) in [5.74, 6) is 0. The Kier molecular flexibility index (Phi) is 6.70. The first-order chi connectivity index (χ1) is 15.0. The number of hydrogen-bond donors (Lipinski definition) is 0. The number of anilines is 1. The summed E-state index contributed by atoms with van der Waals surface area (Å²) < 4.78 is 26.6. The van der Waals surface area contributed by atoms with E-state index < -0.39 is 10.0 Å². The van der Waals surface area contributed by atoms with E-state index in [4.69, 9.17) is 12.2 Å². The van der Waals surface area contributed by atoms with Gasteiger partial charge in [-0.05, 0) is 35.5 Å². The lowest BCUT2D eigenvalue weighted by atomic mass is 10.2. The van der Waals surface area contributed by atoms with Gasteiger partial charge in [-0.2, -0.15) is 4.99 Å². The zero-order chi connectivity index (χ0) is 21.7. The molecule has 1 aliphatic heterocycles. The summed E-state index contributed by atoms with van der Waals surface area (Å²) in [6.07, 6.45) is 0. The van der Waals surface area contributed by atoms with Crippen LogP contribution in [-0.4, -0.2) is 28.7 Å². The molecule has 0 aliphatic carbocycles.